The molecule has 2 unspecified atom stereocenters. The molecule has 0 aromatic carbocycles. The average molecular weight is 2040 g/mol. The Morgan fingerprint density at radius 3 is 0.542 bits per heavy atom. The summed E-state index contributed by atoms with van der Waals surface area (Å²) in [7, 11) is 18.7. The summed E-state index contributed by atoms with van der Waals surface area (Å²) in [6.07, 6.45) is 16.5. The molecule has 1 fully saturated rings. The van der Waals surface area contributed by atoms with E-state index in [2.05, 4.69) is 188 Å². The minimum Gasteiger partial charge on any atom is -0.459 e. The first kappa shape index (κ1) is 152. The summed E-state index contributed by atoms with van der Waals surface area (Å²) in [5.41, 5.74) is -1.56. The molecular formula is C115H246N9O18+9. The average Bonchev–Trinajstić information content (AvgIpc) is 0.874. The highest BCUT2D eigenvalue weighted by Crippen LogP contribution is 2.27. The molecule has 0 aromatic heterocycles. The van der Waals surface area contributed by atoms with Gasteiger partial charge >= 0.3 is 53.7 Å². The van der Waals surface area contributed by atoms with Crippen molar-refractivity contribution in [2.75, 3.05) is 300 Å². The zero-order valence-electron chi connectivity index (χ0n) is 103. The zero-order chi connectivity index (χ0) is 112. The van der Waals surface area contributed by atoms with Gasteiger partial charge in [0.2, 0.25) is 0 Å². The van der Waals surface area contributed by atoms with Crippen LogP contribution in [0.25, 0.3) is 0 Å². The molecule has 27 nitrogen and oxygen atoms in total. The van der Waals surface area contributed by atoms with Gasteiger partial charge in [0.05, 0.1) is 232 Å². The standard InChI is InChI=1S/C16H34NO2.2C15H32NO2.C14H30NO2.C13H28NO2.C12H26NO2.C11H22NO2.C10H22NO2.C9H20NO2/c1-7-10-12-17(9-3,11-8-2)13-14-19-15(18)16(4,5)6;1-7-10-16(9-3,11-8-2)12-13-18-14(17)15(4,5)6;1-6-9-11-16(8-3,10-7-2)12-13-18-15(17)14(4)5;1-6-9-15(8-3,10-7-2)11-12-17-14(16)13(4)5;1-7-14(8-2,9-3)10-11-16-12(15)13(4,5)6;1-6-13(7-2,8-3)9-10-15-12(14)11(4)5;1-12(2,3)8-9-14-11(13)10-6-4-5-7-10;1-10(2,3)9(12)13-8-7-11(4,5)6;1-8(2)9(11)12-7-6-10(3,4)5/h7-14H2,1-6H3;7-13H2,1-6H3;14H,6-13H2,1-5H3;13H,6-12H2,1-5H3;7-11H2,1-6H3;11H,6-10H2,1-5H3;10H,4-9H2,1-3H3;7-8H2,1-6H3;8H,6-7H2,1-5H3/q9*+1. The van der Waals surface area contributed by atoms with Crippen molar-refractivity contribution in [2.45, 2.75) is 353 Å². The Hall–Kier alpha value is -5.13. The molecule has 0 bridgehead atoms. The maximum Gasteiger partial charge on any atom is 0.311 e. The van der Waals surface area contributed by atoms with Crippen molar-refractivity contribution < 1.29 is 126 Å². The lowest BCUT2D eigenvalue weighted by atomic mass is 9.97. The Labute approximate surface area is 879 Å². The summed E-state index contributed by atoms with van der Waals surface area (Å²) in [4.78, 5) is 103. The lowest BCUT2D eigenvalue weighted by Crippen LogP contribution is -2.51. The van der Waals surface area contributed by atoms with Gasteiger partial charge in [0.25, 0.3) is 0 Å². The predicted molar refractivity (Wildman–Crippen MR) is 593 cm³/mol. The summed E-state index contributed by atoms with van der Waals surface area (Å²) in [6, 6.07) is 0. The van der Waals surface area contributed by atoms with E-state index >= 15 is 0 Å². The van der Waals surface area contributed by atoms with Gasteiger partial charge in [0.15, 0.2) is 0 Å². The Bertz CT molecular complexity index is 3130. The number of likely N-dealkylation sites (N-methyl/N-ethyl adjacent to an activating group) is 9. The number of quaternary nitrogens is 9. The number of unbranched alkanes of at least 4 members (excludes halogenated alkanes) is 2. The van der Waals surface area contributed by atoms with Gasteiger partial charge < -0.3 is 83.0 Å². The fraction of sp³-hybridized carbons (Fsp3) is 0.922. The lowest BCUT2D eigenvalue weighted by Gasteiger charge is -2.37. The largest absolute Gasteiger partial charge is 0.459 e. The first-order chi connectivity index (χ1) is 65.4. The second kappa shape index (κ2) is 81.8. The predicted octanol–water partition coefficient (Wildman–Crippen LogP) is 21.0. The molecule has 0 amide bonds. The van der Waals surface area contributed by atoms with Crippen molar-refractivity contribution in [1.82, 2.24) is 0 Å². The van der Waals surface area contributed by atoms with E-state index in [1.165, 1.54) is 129 Å². The highest BCUT2D eigenvalue weighted by molar-refractivity contribution is 5.77. The van der Waals surface area contributed by atoms with Gasteiger partial charge in [-0.1, -0.05) is 136 Å². The van der Waals surface area contributed by atoms with Crippen LogP contribution in [-0.4, -0.2) is 394 Å². The summed E-state index contributed by atoms with van der Waals surface area (Å²) >= 11 is 0. The normalized spacial score (nSPS) is 13.5. The minimum atomic E-state index is -0.393. The molecule has 27 heteroatoms. The Morgan fingerprint density at radius 2 is 0.380 bits per heavy atom. The van der Waals surface area contributed by atoms with E-state index in [1.807, 2.05) is 138 Å². The lowest BCUT2D eigenvalue weighted by molar-refractivity contribution is -0.927. The smallest absolute Gasteiger partial charge is 0.311 e. The SMILES string of the molecule is CC(C)(C)C(=O)OCC[N+](C)(C)C.CC(C)C(=O)OCC[N+](C)(C)C.CCCC[N+](CC)(CCC)CCOC(=O)C(C)(C)C.CCCC[N+](CC)(CCC)CCOC(=O)C(C)C.CCC[N+](CC)(CCC)CCOC(=O)C(C)(C)C.CCC[N+](CC)(CCC)CCOC(=O)C(C)C.CC[N+](CC)(CC)CCOC(=O)C(C)(C)C.CC[N+](CC)(CC)CCOC(=O)C(C)C.C[N+](C)(C)CCOC(=O)C1CCCC1. The van der Waals surface area contributed by atoms with Crippen LogP contribution in [0, 0.1) is 51.2 Å². The van der Waals surface area contributed by atoms with Crippen molar-refractivity contribution >= 4 is 53.7 Å². The van der Waals surface area contributed by atoms with Gasteiger partial charge in [-0.3, -0.25) is 43.2 Å². The maximum atomic E-state index is 11.8. The topological polar surface area (TPSA) is 237 Å². The number of carbonyl (C=O) groups excluding carboxylic acids is 9. The molecule has 850 valence electrons. The van der Waals surface area contributed by atoms with Crippen LogP contribution in [0.2, 0.25) is 0 Å². The molecular weight excluding hydrogens is 1800 g/mol. The number of hydrogen-bond donors (Lipinski definition) is 0. The molecule has 142 heavy (non-hydrogen) atoms. The molecule has 1 aliphatic rings. The van der Waals surface area contributed by atoms with Crippen LogP contribution >= 0.6 is 0 Å². The molecule has 0 saturated heterocycles. The minimum absolute atomic E-state index is 0.0162. The van der Waals surface area contributed by atoms with E-state index in [0.29, 0.717) is 59.5 Å². The van der Waals surface area contributed by atoms with Gasteiger partial charge in [0, 0.05) is 0 Å². The second-order valence-corrected chi connectivity index (χ2v) is 48.1. The first-order valence-electron chi connectivity index (χ1n) is 56.4. The molecule has 0 N–H and O–H groups in total. The van der Waals surface area contributed by atoms with Gasteiger partial charge in [-0.2, -0.15) is 0 Å². The number of esters is 9. The monoisotopic (exact) mass is 2040 g/mol. The van der Waals surface area contributed by atoms with Gasteiger partial charge in [-0.25, -0.2) is 0 Å². The fourth-order valence-electron chi connectivity index (χ4n) is 15.4. The van der Waals surface area contributed by atoms with E-state index in [1.54, 1.807) is 0 Å². The van der Waals surface area contributed by atoms with Crippen LogP contribution in [-0.2, 0) is 85.8 Å². The van der Waals surface area contributed by atoms with E-state index in [0.717, 1.165) is 178 Å². The van der Waals surface area contributed by atoms with Crippen LogP contribution in [0.4, 0.5) is 0 Å². The molecule has 0 radical (unpaired) electrons. The quantitative estimate of drug-likeness (QED) is 0.0312. The highest BCUT2D eigenvalue weighted by Gasteiger charge is 2.34. The zero-order valence-corrected chi connectivity index (χ0v) is 103. The molecule has 0 spiro atoms. The Kier molecular flexibility index (Phi) is 87.6. The molecule has 0 heterocycles. The van der Waals surface area contributed by atoms with E-state index in [9.17, 15) is 43.2 Å². The van der Waals surface area contributed by atoms with Crippen LogP contribution in [0.3, 0.4) is 0 Å². The first-order valence-corrected chi connectivity index (χ1v) is 56.4. The van der Waals surface area contributed by atoms with Crippen molar-refractivity contribution in [3.05, 3.63) is 0 Å². The third-order valence-corrected chi connectivity index (χ3v) is 26.7. The van der Waals surface area contributed by atoms with Crippen LogP contribution in [0.15, 0.2) is 0 Å². The Balaban J connectivity index is -0.000000238. The maximum absolute atomic E-state index is 11.8. The summed E-state index contributed by atoms with van der Waals surface area (Å²) in [5, 5.41) is 0. The van der Waals surface area contributed by atoms with Gasteiger partial charge in [-0.15, -0.1) is 0 Å². The van der Waals surface area contributed by atoms with E-state index in [4.69, 9.17) is 42.6 Å². The second-order valence-electron chi connectivity index (χ2n) is 48.1. The molecule has 1 rings (SSSR count). The van der Waals surface area contributed by atoms with Gasteiger partial charge in [0.1, 0.15) is 118 Å². The number of rotatable bonds is 60. The summed E-state index contributed by atoms with van der Waals surface area (Å²) < 4.78 is 56.3. The van der Waals surface area contributed by atoms with Crippen LogP contribution < -0.4 is 0 Å². The van der Waals surface area contributed by atoms with Crippen LogP contribution in [0.1, 0.15) is 353 Å². The number of ether oxygens (including phenoxy) is 9. The number of carbonyl (C=O) groups is 9. The fourth-order valence-corrected chi connectivity index (χ4v) is 15.4. The molecule has 1 aliphatic carbocycles. The van der Waals surface area contributed by atoms with Crippen molar-refractivity contribution in [3.63, 3.8) is 0 Å². The van der Waals surface area contributed by atoms with Gasteiger partial charge in [-0.05, 0) is 217 Å². The summed E-state index contributed by atoms with van der Waals surface area (Å²) in [5.74, 6) is -0.601. The van der Waals surface area contributed by atoms with Crippen molar-refractivity contribution in [1.29, 1.82) is 0 Å². The summed E-state index contributed by atoms with van der Waals surface area (Å²) in [6.45, 7) is 111. The highest BCUT2D eigenvalue weighted by atomic mass is 16.6. The molecule has 0 aliphatic heterocycles. The van der Waals surface area contributed by atoms with Crippen molar-refractivity contribution in [3.8, 4) is 0 Å². The number of nitrogens with zero attached hydrogens (tertiary/aromatic N) is 9. The van der Waals surface area contributed by atoms with Crippen LogP contribution in [0.5, 0.6) is 0 Å². The van der Waals surface area contributed by atoms with E-state index in [-0.39, 0.29) is 94.1 Å². The Morgan fingerprint density at radius 1 is 0.218 bits per heavy atom. The van der Waals surface area contributed by atoms with Crippen molar-refractivity contribution in [2.24, 2.45) is 51.2 Å². The molecule has 1 saturated carbocycles. The third-order valence-electron chi connectivity index (χ3n) is 26.7. The van der Waals surface area contributed by atoms with E-state index < -0.39 is 10.8 Å². The molecule has 0 aromatic rings. The number of hydrogen-bond acceptors (Lipinski definition) is 18. The third kappa shape index (κ3) is 80.9. The molecule has 2 atom stereocenters.